The fraction of sp³-hybridized carbons (Fsp3) is 1.00. The fourth-order valence-corrected chi connectivity index (χ4v) is 2.13. The van der Waals surface area contributed by atoms with E-state index in [1.807, 2.05) is 27.7 Å². The molecule has 1 saturated heterocycles. The van der Waals surface area contributed by atoms with Gasteiger partial charge in [-0.2, -0.15) is 0 Å². The van der Waals surface area contributed by atoms with E-state index < -0.39 is 12.3 Å². The zero-order chi connectivity index (χ0) is 14.6. The second-order valence-corrected chi connectivity index (χ2v) is 3.90. The highest BCUT2D eigenvalue weighted by Crippen LogP contribution is 2.29. The molecule has 1 rings (SSSR count). The molecule has 0 bridgehead atoms. The first-order valence-electron chi connectivity index (χ1n) is 7.18. The monoisotopic (exact) mass is 267 g/mol. The van der Waals surface area contributed by atoms with Gasteiger partial charge in [0.1, 0.15) is 0 Å². The first-order valence-corrected chi connectivity index (χ1v) is 7.18. The molecule has 0 aromatic heterocycles. The van der Waals surface area contributed by atoms with Crippen molar-refractivity contribution in [2.45, 2.75) is 47.5 Å². The van der Waals surface area contributed by atoms with Crippen molar-refractivity contribution >= 4 is 0 Å². The summed E-state index contributed by atoms with van der Waals surface area (Å²) in [5.41, 5.74) is 0. The van der Waals surface area contributed by atoms with Crippen LogP contribution >= 0.6 is 0 Å². The third kappa shape index (κ3) is 7.27. The molecule has 0 aliphatic carbocycles. The minimum Gasteiger partial charge on any atom is -0.384 e. The van der Waals surface area contributed by atoms with Crippen molar-refractivity contribution in [1.29, 1.82) is 0 Å². The van der Waals surface area contributed by atoms with Crippen LogP contribution in [0, 0.1) is 11.8 Å². The second kappa shape index (κ2) is 13.2. The van der Waals surface area contributed by atoms with Crippen LogP contribution in [0.15, 0.2) is 0 Å². The van der Waals surface area contributed by atoms with Gasteiger partial charge >= 0.3 is 0 Å². The number of hydrogen-bond donors (Lipinski definition) is 0. The molecule has 2 unspecified atom stereocenters. The van der Waals surface area contributed by atoms with Crippen LogP contribution in [0.3, 0.4) is 0 Å². The van der Waals surface area contributed by atoms with Gasteiger partial charge in [0.2, 0.25) is 6.43 Å². The van der Waals surface area contributed by atoms with Crippen molar-refractivity contribution in [3.05, 3.63) is 0 Å². The molecule has 1 fully saturated rings. The normalized spacial score (nSPS) is 23.8. The van der Waals surface area contributed by atoms with E-state index in [9.17, 15) is 8.78 Å². The van der Waals surface area contributed by atoms with Crippen LogP contribution < -0.4 is 0 Å². The summed E-state index contributed by atoms with van der Waals surface area (Å²) in [6.07, 6.45) is -1.60. The van der Waals surface area contributed by atoms with E-state index in [0.717, 1.165) is 19.6 Å². The summed E-state index contributed by atoms with van der Waals surface area (Å²) in [5.74, 6) is -0.480. The van der Waals surface area contributed by atoms with Gasteiger partial charge < -0.3 is 9.64 Å². The Hall–Kier alpha value is -0.220. The van der Waals surface area contributed by atoms with Crippen molar-refractivity contribution in [2.24, 2.45) is 11.8 Å². The van der Waals surface area contributed by atoms with Crippen LogP contribution in [0.4, 0.5) is 8.78 Å². The first kappa shape index (κ1) is 20.1. The van der Waals surface area contributed by atoms with Crippen LogP contribution in [-0.2, 0) is 4.74 Å². The molecule has 18 heavy (non-hydrogen) atoms. The number of rotatable bonds is 4. The number of hydrogen-bond acceptors (Lipinski definition) is 2. The molecular weight excluding hydrogens is 236 g/mol. The maximum atomic E-state index is 12.7. The third-order valence-electron chi connectivity index (χ3n) is 3.03. The average molecular weight is 267 g/mol. The molecule has 0 aromatic rings. The van der Waals surface area contributed by atoms with Crippen LogP contribution in [0.5, 0.6) is 0 Å². The summed E-state index contributed by atoms with van der Waals surface area (Å²) < 4.78 is 30.3. The predicted octanol–water partition coefficient (Wildman–Crippen LogP) is 3.91. The summed E-state index contributed by atoms with van der Waals surface area (Å²) in [4.78, 5) is 2.21. The fourth-order valence-electron chi connectivity index (χ4n) is 2.13. The Bertz CT molecular complexity index is 168. The number of halogens is 2. The maximum Gasteiger partial charge on any atom is 0.241 e. The number of likely N-dealkylation sites (tertiary alicyclic amines) is 1. The van der Waals surface area contributed by atoms with Crippen molar-refractivity contribution in [3.8, 4) is 0 Å². The molecule has 2 nitrogen and oxygen atoms in total. The number of methoxy groups -OCH3 is 1. The minimum absolute atomic E-state index is 0.00583. The number of alkyl halides is 2. The van der Waals surface area contributed by atoms with Crippen molar-refractivity contribution in [3.63, 3.8) is 0 Å². The highest BCUT2D eigenvalue weighted by molar-refractivity contribution is 4.81. The molecule has 4 heteroatoms. The molecule has 1 heterocycles. The maximum absolute atomic E-state index is 12.7. The van der Waals surface area contributed by atoms with E-state index >= 15 is 0 Å². The largest absolute Gasteiger partial charge is 0.384 e. The molecule has 112 valence electrons. The Morgan fingerprint density at radius 2 is 1.78 bits per heavy atom. The van der Waals surface area contributed by atoms with Crippen LogP contribution in [0.25, 0.3) is 0 Å². The summed E-state index contributed by atoms with van der Waals surface area (Å²) in [6, 6.07) is 0. The third-order valence-corrected chi connectivity index (χ3v) is 3.03. The zero-order valence-electron chi connectivity index (χ0n) is 12.9. The average Bonchev–Trinajstić information content (AvgIpc) is 2.43. The van der Waals surface area contributed by atoms with Crippen molar-refractivity contribution in [2.75, 3.05) is 33.4 Å². The Morgan fingerprint density at radius 3 is 2.17 bits per heavy atom. The topological polar surface area (TPSA) is 12.5 Å². The van der Waals surface area contributed by atoms with E-state index in [4.69, 9.17) is 4.74 Å². The second-order valence-electron chi connectivity index (χ2n) is 3.90. The molecule has 0 radical (unpaired) electrons. The lowest BCUT2D eigenvalue weighted by atomic mass is 9.86. The van der Waals surface area contributed by atoms with E-state index in [2.05, 4.69) is 11.8 Å². The highest BCUT2D eigenvalue weighted by Gasteiger charge is 2.34. The van der Waals surface area contributed by atoms with Gasteiger partial charge in [0.05, 0.1) is 6.61 Å². The van der Waals surface area contributed by atoms with Crippen molar-refractivity contribution < 1.29 is 13.5 Å². The van der Waals surface area contributed by atoms with Gasteiger partial charge in [-0.1, -0.05) is 34.6 Å². The van der Waals surface area contributed by atoms with Crippen LogP contribution in [0.2, 0.25) is 0 Å². The Balaban J connectivity index is 0. The molecule has 1 aliphatic heterocycles. The minimum atomic E-state index is -2.20. The number of nitrogens with zero attached hydrogens (tertiary/aromatic N) is 1. The summed E-state index contributed by atoms with van der Waals surface area (Å²) in [6.45, 7) is 13.0. The van der Waals surface area contributed by atoms with E-state index in [1.165, 1.54) is 0 Å². The number of ether oxygens (including phenoxy) is 1. The van der Waals surface area contributed by atoms with Gasteiger partial charge in [-0.3, -0.25) is 0 Å². The Morgan fingerprint density at radius 1 is 1.22 bits per heavy atom. The van der Waals surface area contributed by atoms with E-state index in [0.29, 0.717) is 13.0 Å². The highest BCUT2D eigenvalue weighted by atomic mass is 19.3. The van der Waals surface area contributed by atoms with E-state index in [1.54, 1.807) is 7.11 Å². The Kier molecular flexibility index (Phi) is 14.8. The smallest absolute Gasteiger partial charge is 0.241 e. The van der Waals surface area contributed by atoms with Gasteiger partial charge in [-0.05, 0) is 19.5 Å². The molecule has 0 amide bonds. The molecular formula is C14H31F2NO. The summed E-state index contributed by atoms with van der Waals surface area (Å²) in [5, 5.41) is 0. The van der Waals surface area contributed by atoms with Gasteiger partial charge in [0.25, 0.3) is 0 Å². The van der Waals surface area contributed by atoms with Gasteiger partial charge in [0.15, 0.2) is 0 Å². The van der Waals surface area contributed by atoms with Gasteiger partial charge in [-0.15, -0.1) is 0 Å². The molecule has 2 atom stereocenters. The van der Waals surface area contributed by atoms with Gasteiger partial charge in [-0.25, -0.2) is 8.78 Å². The molecule has 0 saturated carbocycles. The predicted molar refractivity (Wildman–Crippen MR) is 74.3 cm³/mol. The van der Waals surface area contributed by atoms with Crippen LogP contribution in [-0.4, -0.2) is 44.7 Å². The molecule has 1 aliphatic rings. The lowest BCUT2D eigenvalue weighted by molar-refractivity contribution is -0.0288. The summed E-state index contributed by atoms with van der Waals surface area (Å²) >= 11 is 0. The lowest BCUT2D eigenvalue weighted by Gasteiger charge is -2.37. The quantitative estimate of drug-likeness (QED) is 0.765. The molecule has 0 spiro atoms. The molecule has 0 aromatic carbocycles. The zero-order valence-corrected chi connectivity index (χ0v) is 12.9. The van der Waals surface area contributed by atoms with Gasteiger partial charge in [0, 0.05) is 25.5 Å². The first-order chi connectivity index (χ1) is 8.69. The Labute approximate surface area is 112 Å². The SMILES string of the molecule is CC.CC.CCN1CCC(C(F)F)C(COC)C1. The molecule has 0 N–H and O–H groups in total. The lowest BCUT2D eigenvalue weighted by Crippen LogP contribution is -2.44. The van der Waals surface area contributed by atoms with Crippen LogP contribution in [0.1, 0.15) is 41.0 Å². The summed E-state index contributed by atoms with van der Waals surface area (Å²) in [7, 11) is 1.58. The van der Waals surface area contributed by atoms with E-state index in [-0.39, 0.29) is 5.92 Å². The standard InChI is InChI=1S/C10H19F2NO.2C2H6/c1-3-13-5-4-9(10(11)12)8(6-13)7-14-2;2*1-2/h8-10H,3-7H2,1-2H3;2*1-2H3. The van der Waals surface area contributed by atoms with Crippen molar-refractivity contribution in [1.82, 2.24) is 4.90 Å². The number of piperidine rings is 1.